The van der Waals surface area contributed by atoms with Crippen LogP contribution in [-0.4, -0.2) is 60.4 Å². The Bertz CT molecular complexity index is 1250. The first-order chi connectivity index (χ1) is 15.7. The number of thiophene rings is 1. The third-order valence-electron chi connectivity index (χ3n) is 6.51. The zero-order valence-corrected chi connectivity index (χ0v) is 19.1. The van der Waals surface area contributed by atoms with Crippen LogP contribution in [-0.2, 0) is 6.42 Å². The number of likely N-dealkylation sites (N-methyl/N-ethyl adjacent to an activating group) is 1. The number of hydrogen-bond acceptors (Lipinski definition) is 6. The second-order valence-electron chi connectivity index (χ2n) is 8.47. The van der Waals surface area contributed by atoms with Crippen molar-refractivity contribution in [3.05, 3.63) is 59.1 Å². The van der Waals surface area contributed by atoms with Gasteiger partial charge in [-0.3, -0.25) is 5.10 Å². The lowest BCUT2D eigenvalue weighted by molar-refractivity contribution is 0.312. The van der Waals surface area contributed by atoms with Gasteiger partial charge in [0.2, 0.25) is 0 Å². The minimum atomic E-state index is 0.858. The molecule has 1 saturated heterocycles. The Kier molecular flexibility index (Phi) is 4.73. The van der Waals surface area contributed by atoms with Crippen LogP contribution in [0.15, 0.2) is 48.7 Å². The van der Waals surface area contributed by atoms with E-state index in [1.807, 2.05) is 29.7 Å². The van der Waals surface area contributed by atoms with E-state index in [2.05, 4.69) is 57.4 Å². The molecule has 0 bridgehead atoms. The van der Waals surface area contributed by atoms with Crippen molar-refractivity contribution in [2.45, 2.75) is 6.42 Å². The molecule has 4 aromatic rings. The topological polar surface area (TPSA) is 57.3 Å². The molecule has 3 aromatic heterocycles. The number of hydrogen-bond donors (Lipinski definition) is 1. The molecule has 6 nitrogen and oxygen atoms in total. The summed E-state index contributed by atoms with van der Waals surface area (Å²) in [5.74, 6) is 1.93. The summed E-state index contributed by atoms with van der Waals surface area (Å²) >= 11 is 1.86. The van der Waals surface area contributed by atoms with E-state index in [4.69, 9.17) is 9.72 Å². The average molecular weight is 444 g/mol. The van der Waals surface area contributed by atoms with Crippen LogP contribution in [0.5, 0.6) is 5.75 Å². The average Bonchev–Trinajstić information content (AvgIpc) is 3.51. The maximum atomic E-state index is 5.28. The van der Waals surface area contributed by atoms with Crippen molar-refractivity contribution in [3.63, 3.8) is 0 Å². The third kappa shape index (κ3) is 3.29. The number of H-pyrrole nitrogens is 1. The van der Waals surface area contributed by atoms with Crippen LogP contribution in [0.4, 0.5) is 5.82 Å². The largest absolute Gasteiger partial charge is 0.497 e. The number of anilines is 1. The predicted molar refractivity (Wildman–Crippen MR) is 130 cm³/mol. The highest BCUT2D eigenvalue weighted by Gasteiger charge is 2.28. The van der Waals surface area contributed by atoms with E-state index >= 15 is 0 Å². The zero-order valence-electron chi connectivity index (χ0n) is 18.3. The number of fused-ring (bicyclic) bond motifs is 3. The van der Waals surface area contributed by atoms with Crippen molar-refractivity contribution in [2.24, 2.45) is 0 Å². The molecule has 0 saturated carbocycles. The molecule has 1 N–H and O–H groups in total. The molecule has 2 aliphatic rings. The second-order valence-corrected chi connectivity index (χ2v) is 9.61. The molecular weight excluding hydrogens is 418 g/mol. The number of piperazine rings is 1. The Morgan fingerprint density at radius 2 is 1.78 bits per heavy atom. The van der Waals surface area contributed by atoms with E-state index < -0.39 is 0 Å². The molecule has 6 rings (SSSR count). The second kappa shape index (κ2) is 7.76. The maximum absolute atomic E-state index is 5.28. The van der Waals surface area contributed by atoms with Crippen molar-refractivity contribution in [3.8, 4) is 38.7 Å². The summed E-state index contributed by atoms with van der Waals surface area (Å²) in [5, 5.41) is 7.92. The van der Waals surface area contributed by atoms with Crippen LogP contribution >= 0.6 is 11.3 Å². The summed E-state index contributed by atoms with van der Waals surface area (Å²) in [7, 11) is 3.86. The molecule has 0 radical (unpaired) electrons. The van der Waals surface area contributed by atoms with Gasteiger partial charge in [-0.1, -0.05) is 0 Å². The number of nitrogens with one attached hydrogen (secondary N) is 1. The van der Waals surface area contributed by atoms with Gasteiger partial charge in [-0.15, -0.1) is 11.3 Å². The van der Waals surface area contributed by atoms with E-state index in [0.29, 0.717) is 0 Å². The Labute approximate surface area is 191 Å². The van der Waals surface area contributed by atoms with Gasteiger partial charge in [0, 0.05) is 70.8 Å². The van der Waals surface area contributed by atoms with Crippen LogP contribution in [0.3, 0.4) is 0 Å². The molecular formula is C25H25N5OS. The number of aromatic amines is 1. The van der Waals surface area contributed by atoms with Crippen molar-refractivity contribution in [1.82, 2.24) is 20.1 Å². The van der Waals surface area contributed by atoms with E-state index in [1.54, 1.807) is 7.11 Å². The number of methoxy groups -OCH3 is 1. The van der Waals surface area contributed by atoms with Gasteiger partial charge in [-0.2, -0.15) is 5.10 Å². The summed E-state index contributed by atoms with van der Waals surface area (Å²) in [6, 6.07) is 14.8. The quantitative estimate of drug-likeness (QED) is 0.442. The molecule has 0 atom stereocenters. The predicted octanol–water partition coefficient (Wildman–Crippen LogP) is 4.53. The smallest absolute Gasteiger partial charge is 0.128 e. The van der Waals surface area contributed by atoms with Gasteiger partial charge < -0.3 is 14.5 Å². The van der Waals surface area contributed by atoms with E-state index in [9.17, 15) is 0 Å². The molecule has 0 amide bonds. The van der Waals surface area contributed by atoms with Crippen molar-refractivity contribution >= 4 is 17.2 Å². The maximum Gasteiger partial charge on any atom is 0.128 e. The van der Waals surface area contributed by atoms with Crippen LogP contribution in [0.2, 0.25) is 0 Å². The fourth-order valence-corrected chi connectivity index (χ4v) is 5.74. The molecule has 7 heteroatoms. The van der Waals surface area contributed by atoms with Gasteiger partial charge in [0.25, 0.3) is 0 Å². The summed E-state index contributed by atoms with van der Waals surface area (Å²) < 4.78 is 5.28. The van der Waals surface area contributed by atoms with Crippen LogP contribution < -0.4 is 9.64 Å². The molecule has 0 spiro atoms. The van der Waals surface area contributed by atoms with Gasteiger partial charge in [-0.25, -0.2) is 4.98 Å². The van der Waals surface area contributed by atoms with Gasteiger partial charge in [-0.05, 0) is 49.5 Å². The Hall–Kier alpha value is -3.16. The third-order valence-corrected chi connectivity index (χ3v) is 7.69. The number of nitrogens with zero attached hydrogens (tertiary/aromatic N) is 4. The molecule has 162 valence electrons. The number of rotatable bonds is 4. The summed E-state index contributed by atoms with van der Waals surface area (Å²) in [5.41, 5.74) is 7.03. The van der Waals surface area contributed by atoms with E-state index in [1.165, 1.54) is 26.4 Å². The van der Waals surface area contributed by atoms with Crippen molar-refractivity contribution in [1.29, 1.82) is 0 Å². The van der Waals surface area contributed by atoms with Gasteiger partial charge >= 0.3 is 0 Å². The van der Waals surface area contributed by atoms with Crippen molar-refractivity contribution in [2.75, 3.05) is 45.2 Å². The van der Waals surface area contributed by atoms with Crippen LogP contribution in [0.1, 0.15) is 10.4 Å². The molecule has 1 aromatic carbocycles. The highest BCUT2D eigenvalue weighted by atomic mass is 32.1. The standard InChI is InChI=1S/C25H25N5OS/c1-29-9-11-30(12-10-29)23-8-5-17(15-26-23)21-13-19-22(32-21)14-20-24(27-28-25(19)20)16-3-6-18(31-2)7-4-16/h3-8,13,15H,9-12,14H2,1-2H3,(H,27,28). The highest BCUT2D eigenvalue weighted by molar-refractivity contribution is 7.16. The number of pyridine rings is 1. The lowest BCUT2D eigenvalue weighted by Crippen LogP contribution is -2.44. The first-order valence-corrected chi connectivity index (χ1v) is 11.8. The summed E-state index contributed by atoms with van der Waals surface area (Å²) in [4.78, 5) is 12.2. The number of aromatic nitrogens is 3. The highest BCUT2D eigenvalue weighted by Crippen LogP contribution is 2.46. The monoisotopic (exact) mass is 443 g/mol. The fourth-order valence-electron chi connectivity index (χ4n) is 4.58. The van der Waals surface area contributed by atoms with Gasteiger partial charge in [0.1, 0.15) is 11.6 Å². The molecule has 1 fully saturated rings. The normalized spacial score (nSPS) is 15.6. The summed E-state index contributed by atoms with van der Waals surface area (Å²) in [6.45, 7) is 4.25. The Balaban J connectivity index is 1.25. The van der Waals surface area contributed by atoms with Crippen LogP contribution in [0.25, 0.3) is 33.0 Å². The molecule has 4 heterocycles. The van der Waals surface area contributed by atoms with Gasteiger partial charge in [0.05, 0.1) is 18.5 Å². The molecule has 0 unspecified atom stereocenters. The Morgan fingerprint density at radius 1 is 1.00 bits per heavy atom. The van der Waals surface area contributed by atoms with E-state index in [-0.39, 0.29) is 0 Å². The van der Waals surface area contributed by atoms with Gasteiger partial charge in [0.15, 0.2) is 0 Å². The lowest BCUT2D eigenvalue weighted by Gasteiger charge is -2.33. The lowest BCUT2D eigenvalue weighted by atomic mass is 10.1. The SMILES string of the molecule is COc1ccc(-c2n[nH]c3c2Cc2sc(-c4ccc(N5CCN(C)CC5)nc4)cc2-3)cc1. The fraction of sp³-hybridized carbons (Fsp3) is 0.280. The first-order valence-electron chi connectivity index (χ1n) is 10.9. The minimum Gasteiger partial charge on any atom is -0.497 e. The van der Waals surface area contributed by atoms with Crippen LogP contribution in [0, 0.1) is 0 Å². The molecule has 1 aliphatic carbocycles. The minimum absolute atomic E-state index is 0.858. The molecule has 1 aliphatic heterocycles. The Morgan fingerprint density at radius 3 is 2.50 bits per heavy atom. The van der Waals surface area contributed by atoms with E-state index in [0.717, 1.165) is 61.1 Å². The zero-order chi connectivity index (χ0) is 21.7. The number of benzene rings is 1. The molecule has 32 heavy (non-hydrogen) atoms. The van der Waals surface area contributed by atoms with Crippen molar-refractivity contribution < 1.29 is 4.74 Å². The number of ether oxygens (including phenoxy) is 1. The summed E-state index contributed by atoms with van der Waals surface area (Å²) in [6.07, 6.45) is 2.94. The first kappa shape index (κ1) is 19.5.